The SMILES string of the molecule is C1=C2CC(C(Nc3cc4ccccc4c4ccccc34)=C1)N(C1=CC=C(N3c4ccccc4Sc4ccccc43)CC1)c1ccccc12. The first kappa shape index (κ1) is 27.6. The Hall–Kier alpha value is -5.45. The van der Waals surface area contributed by atoms with E-state index in [1.165, 1.54) is 76.6 Å². The molecule has 4 heteroatoms. The molecule has 1 N–H and O–H groups in total. The fraction of sp³-hybridized carbons (Fsp3) is 0.0909. The highest BCUT2D eigenvalue weighted by Gasteiger charge is 2.36. The summed E-state index contributed by atoms with van der Waals surface area (Å²) in [6.07, 6.45) is 12.3. The zero-order valence-electron chi connectivity index (χ0n) is 26.4. The van der Waals surface area contributed by atoms with Crippen molar-refractivity contribution in [2.75, 3.05) is 15.1 Å². The third kappa shape index (κ3) is 4.36. The Bertz CT molecular complexity index is 2370. The monoisotopic (exact) mass is 635 g/mol. The average molecular weight is 636 g/mol. The summed E-state index contributed by atoms with van der Waals surface area (Å²) >= 11 is 1.87. The highest BCUT2D eigenvalue weighted by molar-refractivity contribution is 7.99. The van der Waals surface area contributed by atoms with Gasteiger partial charge in [0.1, 0.15) is 0 Å². The van der Waals surface area contributed by atoms with E-state index in [1.807, 2.05) is 11.8 Å². The fourth-order valence-corrected chi connectivity index (χ4v) is 9.11. The molecule has 2 aliphatic heterocycles. The number of hydrogen-bond donors (Lipinski definition) is 1. The number of nitrogens with zero attached hydrogens (tertiary/aromatic N) is 2. The second kappa shape index (κ2) is 11.1. The maximum atomic E-state index is 3.98. The van der Waals surface area contributed by atoms with Crippen molar-refractivity contribution in [3.8, 4) is 0 Å². The van der Waals surface area contributed by atoms with Crippen LogP contribution in [0, 0.1) is 0 Å². The Balaban J connectivity index is 1.06. The smallest absolute Gasteiger partial charge is 0.0778 e. The van der Waals surface area contributed by atoms with Crippen LogP contribution in [0.3, 0.4) is 0 Å². The summed E-state index contributed by atoms with van der Waals surface area (Å²) in [5.41, 5.74) is 11.7. The van der Waals surface area contributed by atoms with E-state index >= 15 is 0 Å². The zero-order chi connectivity index (χ0) is 31.6. The molecule has 4 aliphatic rings. The van der Waals surface area contributed by atoms with Crippen molar-refractivity contribution in [2.24, 2.45) is 0 Å². The number of benzene rings is 6. The number of rotatable bonds is 4. The van der Waals surface area contributed by atoms with Gasteiger partial charge in [0.15, 0.2) is 0 Å². The predicted molar refractivity (Wildman–Crippen MR) is 203 cm³/mol. The van der Waals surface area contributed by atoms with Crippen LogP contribution >= 0.6 is 11.8 Å². The minimum atomic E-state index is 0.180. The second-order valence-corrected chi connectivity index (χ2v) is 14.0. The van der Waals surface area contributed by atoms with Gasteiger partial charge in [-0.25, -0.2) is 0 Å². The van der Waals surface area contributed by atoms with Gasteiger partial charge in [0, 0.05) is 49.2 Å². The van der Waals surface area contributed by atoms with Gasteiger partial charge >= 0.3 is 0 Å². The molecule has 48 heavy (non-hydrogen) atoms. The number of nitrogens with one attached hydrogen (secondary N) is 1. The molecule has 0 amide bonds. The molecule has 1 unspecified atom stereocenters. The summed E-state index contributed by atoms with van der Waals surface area (Å²) in [5.74, 6) is 0. The van der Waals surface area contributed by atoms with E-state index in [0.29, 0.717) is 0 Å². The van der Waals surface area contributed by atoms with Crippen LogP contribution in [-0.2, 0) is 0 Å². The van der Waals surface area contributed by atoms with Gasteiger partial charge in [-0.05, 0) is 95.6 Å². The van der Waals surface area contributed by atoms with E-state index in [0.717, 1.165) is 24.9 Å². The van der Waals surface area contributed by atoms with E-state index in [-0.39, 0.29) is 6.04 Å². The van der Waals surface area contributed by atoms with E-state index in [2.05, 4.69) is 167 Å². The molecule has 1 atom stereocenters. The molecule has 2 heterocycles. The minimum absolute atomic E-state index is 0.180. The molecule has 0 saturated heterocycles. The van der Waals surface area contributed by atoms with E-state index in [4.69, 9.17) is 0 Å². The van der Waals surface area contributed by atoms with Crippen LogP contribution in [0.15, 0.2) is 179 Å². The molecule has 0 fully saturated rings. The lowest BCUT2D eigenvalue weighted by molar-refractivity contribution is 0.678. The molecule has 0 aromatic heterocycles. The summed E-state index contributed by atoms with van der Waals surface area (Å²) < 4.78 is 0. The lowest BCUT2D eigenvalue weighted by Crippen LogP contribution is -2.43. The molecular formula is C44H33N3S. The Morgan fingerprint density at radius 2 is 1.19 bits per heavy atom. The van der Waals surface area contributed by atoms with Gasteiger partial charge in [0.25, 0.3) is 0 Å². The first-order valence-electron chi connectivity index (χ1n) is 16.8. The van der Waals surface area contributed by atoms with Crippen molar-refractivity contribution in [3.05, 3.63) is 174 Å². The second-order valence-electron chi connectivity index (χ2n) is 12.9. The molecular weight excluding hydrogens is 603 g/mol. The lowest BCUT2D eigenvalue weighted by atomic mass is 9.84. The van der Waals surface area contributed by atoms with Crippen LogP contribution in [0.5, 0.6) is 0 Å². The molecule has 0 saturated carbocycles. The Morgan fingerprint density at radius 1 is 0.562 bits per heavy atom. The Labute approximate surface area is 285 Å². The standard InChI is InChI=1S/C44H33N3S/c1-2-12-33-29(11-1)27-38(36-15-4-3-14-35(33)36)45-37-26-21-30-28-42(37)46(39-16-6-5-13-34(30)39)31-22-24-32(25-23-31)47-40-17-7-9-19-43(40)48-44-20-10-8-18-41(44)47/h1-22,24,26-27,42,45H,23,25,28H2. The molecule has 3 nitrogen and oxygen atoms in total. The number of fused-ring (bicyclic) bond motifs is 9. The largest absolute Gasteiger partial charge is 0.357 e. The quantitative estimate of drug-likeness (QED) is 0.194. The number of anilines is 4. The van der Waals surface area contributed by atoms with E-state index < -0.39 is 0 Å². The van der Waals surface area contributed by atoms with Gasteiger partial charge in [0.2, 0.25) is 0 Å². The molecule has 6 aromatic rings. The maximum absolute atomic E-state index is 3.98. The molecule has 0 radical (unpaired) electrons. The van der Waals surface area contributed by atoms with Crippen LogP contribution in [0.2, 0.25) is 0 Å². The van der Waals surface area contributed by atoms with Crippen molar-refractivity contribution >= 4 is 61.6 Å². The van der Waals surface area contributed by atoms with Crippen molar-refractivity contribution in [1.82, 2.24) is 0 Å². The van der Waals surface area contributed by atoms with Gasteiger partial charge < -0.3 is 15.1 Å². The number of para-hydroxylation sites is 3. The van der Waals surface area contributed by atoms with Crippen molar-refractivity contribution in [1.29, 1.82) is 0 Å². The highest BCUT2D eigenvalue weighted by Crippen LogP contribution is 2.51. The first-order chi connectivity index (χ1) is 23.8. The number of hydrogen-bond acceptors (Lipinski definition) is 4. The molecule has 2 aliphatic carbocycles. The predicted octanol–water partition coefficient (Wildman–Crippen LogP) is 11.8. The van der Waals surface area contributed by atoms with Crippen LogP contribution in [0.4, 0.5) is 22.7 Å². The fourth-order valence-electron chi connectivity index (χ4n) is 8.05. The van der Waals surface area contributed by atoms with Gasteiger partial charge in [-0.15, -0.1) is 0 Å². The molecule has 10 rings (SSSR count). The molecule has 2 bridgehead atoms. The normalized spacial score (nSPS) is 17.9. The minimum Gasteiger partial charge on any atom is -0.357 e. The zero-order valence-corrected chi connectivity index (χ0v) is 27.3. The third-order valence-electron chi connectivity index (χ3n) is 10.2. The summed E-state index contributed by atoms with van der Waals surface area (Å²) in [6, 6.07) is 46.5. The van der Waals surface area contributed by atoms with Gasteiger partial charge in [-0.2, -0.15) is 0 Å². The van der Waals surface area contributed by atoms with Crippen LogP contribution < -0.4 is 15.1 Å². The van der Waals surface area contributed by atoms with Crippen LogP contribution in [-0.4, -0.2) is 6.04 Å². The van der Waals surface area contributed by atoms with Crippen molar-refractivity contribution in [2.45, 2.75) is 35.1 Å². The van der Waals surface area contributed by atoms with Gasteiger partial charge in [-0.1, -0.05) is 109 Å². The van der Waals surface area contributed by atoms with E-state index in [1.54, 1.807) is 0 Å². The maximum Gasteiger partial charge on any atom is 0.0778 e. The summed E-state index contributed by atoms with van der Waals surface area (Å²) in [6.45, 7) is 0. The topological polar surface area (TPSA) is 18.5 Å². The average Bonchev–Trinajstić information content (AvgIpc) is 3.15. The molecule has 6 aromatic carbocycles. The first-order valence-corrected chi connectivity index (χ1v) is 17.6. The summed E-state index contributed by atoms with van der Waals surface area (Å²) in [5, 5.41) is 9.05. The molecule has 0 spiro atoms. The van der Waals surface area contributed by atoms with Gasteiger partial charge in [0.05, 0.1) is 17.4 Å². The molecule has 230 valence electrons. The third-order valence-corrected chi connectivity index (χ3v) is 11.4. The Morgan fingerprint density at radius 3 is 1.96 bits per heavy atom. The van der Waals surface area contributed by atoms with Crippen molar-refractivity contribution < 1.29 is 0 Å². The lowest BCUT2D eigenvalue weighted by Gasteiger charge is -2.45. The van der Waals surface area contributed by atoms with Crippen LogP contribution in [0.1, 0.15) is 24.8 Å². The van der Waals surface area contributed by atoms with Crippen molar-refractivity contribution in [3.63, 3.8) is 0 Å². The summed E-state index contributed by atoms with van der Waals surface area (Å²) in [7, 11) is 0. The Kier molecular flexibility index (Phi) is 6.38. The van der Waals surface area contributed by atoms with Crippen LogP contribution in [0.25, 0.3) is 27.1 Å². The highest BCUT2D eigenvalue weighted by atomic mass is 32.2. The number of allylic oxidation sites excluding steroid dienone is 6. The van der Waals surface area contributed by atoms with Gasteiger partial charge in [-0.3, -0.25) is 0 Å². The van der Waals surface area contributed by atoms with E-state index in [9.17, 15) is 0 Å². The summed E-state index contributed by atoms with van der Waals surface area (Å²) in [4.78, 5) is 7.72.